The highest BCUT2D eigenvalue weighted by molar-refractivity contribution is 9.10. The van der Waals surface area contributed by atoms with E-state index >= 15 is 0 Å². The molecule has 0 radical (unpaired) electrons. The van der Waals surface area contributed by atoms with E-state index in [1.807, 2.05) is 12.1 Å². The van der Waals surface area contributed by atoms with E-state index in [9.17, 15) is 4.39 Å². The summed E-state index contributed by atoms with van der Waals surface area (Å²) in [5.41, 5.74) is 7.73. The number of hydrogen-bond donors (Lipinski definition) is 1. The van der Waals surface area contributed by atoms with Crippen molar-refractivity contribution in [3.8, 4) is 0 Å². The molecule has 1 heterocycles. The standard InChI is InChI=1S/C13H11BrClFN2/c14-9-2-3-10(18-7-9)6-13(17)8-1-4-12(16)11(15)5-8/h1-5,7,13H,6,17H2. The molecular formula is C13H11BrClFN2. The summed E-state index contributed by atoms with van der Waals surface area (Å²) in [7, 11) is 0. The predicted octanol–water partition coefficient (Wildman–Crippen LogP) is 3.88. The third-order valence-electron chi connectivity index (χ3n) is 2.59. The molecule has 2 N–H and O–H groups in total. The van der Waals surface area contributed by atoms with Gasteiger partial charge in [-0.05, 0) is 45.8 Å². The number of nitrogens with zero attached hydrogens (tertiary/aromatic N) is 1. The molecule has 0 aliphatic carbocycles. The van der Waals surface area contributed by atoms with Gasteiger partial charge in [0.25, 0.3) is 0 Å². The highest BCUT2D eigenvalue weighted by Crippen LogP contribution is 2.22. The van der Waals surface area contributed by atoms with E-state index in [1.165, 1.54) is 6.07 Å². The summed E-state index contributed by atoms with van der Waals surface area (Å²) >= 11 is 9.05. The maximum Gasteiger partial charge on any atom is 0.141 e. The maximum atomic E-state index is 13.0. The van der Waals surface area contributed by atoms with Crippen LogP contribution in [0, 0.1) is 5.82 Å². The monoisotopic (exact) mass is 328 g/mol. The molecule has 1 aromatic carbocycles. The number of aromatic nitrogens is 1. The molecule has 0 saturated carbocycles. The van der Waals surface area contributed by atoms with E-state index in [-0.39, 0.29) is 11.1 Å². The van der Waals surface area contributed by atoms with Crippen molar-refractivity contribution in [2.24, 2.45) is 5.73 Å². The number of benzene rings is 1. The first-order valence-corrected chi connectivity index (χ1v) is 6.54. The molecule has 0 bridgehead atoms. The second-order valence-electron chi connectivity index (χ2n) is 3.95. The van der Waals surface area contributed by atoms with Crippen molar-refractivity contribution in [3.05, 3.63) is 63.1 Å². The Morgan fingerprint density at radius 3 is 2.72 bits per heavy atom. The fourth-order valence-electron chi connectivity index (χ4n) is 1.61. The smallest absolute Gasteiger partial charge is 0.141 e. The Morgan fingerprint density at radius 1 is 1.33 bits per heavy atom. The normalized spacial score (nSPS) is 12.4. The minimum atomic E-state index is -0.436. The highest BCUT2D eigenvalue weighted by Gasteiger charge is 2.10. The molecule has 0 amide bonds. The van der Waals surface area contributed by atoms with E-state index in [2.05, 4.69) is 20.9 Å². The summed E-state index contributed by atoms with van der Waals surface area (Å²) in [5.74, 6) is -0.436. The van der Waals surface area contributed by atoms with Crippen LogP contribution in [0.5, 0.6) is 0 Å². The average molecular weight is 330 g/mol. The minimum absolute atomic E-state index is 0.0896. The van der Waals surface area contributed by atoms with Gasteiger partial charge in [-0.25, -0.2) is 4.39 Å². The minimum Gasteiger partial charge on any atom is -0.324 e. The molecule has 1 atom stereocenters. The molecule has 94 valence electrons. The van der Waals surface area contributed by atoms with Crippen LogP contribution in [0.2, 0.25) is 5.02 Å². The molecule has 5 heteroatoms. The van der Waals surface area contributed by atoms with Gasteiger partial charge in [0.05, 0.1) is 5.02 Å². The van der Waals surface area contributed by atoms with Gasteiger partial charge in [0, 0.05) is 28.8 Å². The third-order valence-corrected chi connectivity index (χ3v) is 3.35. The zero-order valence-corrected chi connectivity index (χ0v) is 11.7. The van der Waals surface area contributed by atoms with Crippen molar-refractivity contribution in [1.82, 2.24) is 4.98 Å². The largest absolute Gasteiger partial charge is 0.324 e. The van der Waals surface area contributed by atoms with Crippen LogP contribution in [0.3, 0.4) is 0 Å². The Balaban J connectivity index is 2.13. The second-order valence-corrected chi connectivity index (χ2v) is 5.27. The molecule has 0 aliphatic rings. The van der Waals surface area contributed by atoms with Gasteiger partial charge in [0.2, 0.25) is 0 Å². The third kappa shape index (κ3) is 3.28. The molecule has 1 unspecified atom stereocenters. The van der Waals surface area contributed by atoms with Gasteiger partial charge < -0.3 is 5.73 Å². The van der Waals surface area contributed by atoms with E-state index in [4.69, 9.17) is 17.3 Å². The van der Waals surface area contributed by atoms with Crippen LogP contribution in [0.25, 0.3) is 0 Å². The molecule has 1 aromatic heterocycles. The number of nitrogens with two attached hydrogens (primary N) is 1. The van der Waals surface area contributed by atoms with Crippen LogP contribution in [0.15, 0.2) is 41.0 Å². The molecule has 2 nitrogen and oxygen atoms in total. The van der Waals surface area contributed by atoms with Crippen molar-refractivity contribution < 1.29 is 4.39 Å². The van der Waals surface area contributed by atoms with Crippen LogP contribution >= 0.6 is 27.5 Å². The zero-order chi connectivity index (χ0) is 13.1. The average Bonchev–Trinajstić information content (AvgIpc) is 2.35. The molecule has 0 spiro atoms. The first-order chi connectivity index (χ1) is 8.56. The zero-order valence-electron chi connectivity index (χ0n) is 9.41. The number of halogens is 3. The van der Waals surface area contributed by atoms with Gasteiger partial charge >= 0.3 is 0 Å². The van der Waals surface area contributed by atoms with Crippen molar-refractivity contribution in [2.45, 2.75) is 12.5 Å². The van der Waals surface area contributed by atoms with Crippen molar-refractivity contribution in [1.29, 1.82) is 0 Å². The Kier molecular flexibility index (Phi) is 4.32. The van der Waals surface area contributed by atoms with Gasteiger partial charge in [0.1, 0.15) is 5.82 Å². The maximum absolute atomic E-state index is 13.0. The summed E-state index contributed by atoms with van der Waals surface area (Å²) in [6.07, 6.45) is 2.30. The summed E-state index contributed by atoms with van der Waals surface area (Å²) < 4.78 is 14.0. The molecular weight excluding hydrogens is 319 g/mol. The first-order valence-electron chi connectivity index (χ1n) is 5.37. The Labute approximate surface area is 118 Å². The lowest BCUT2D eigenvalue weighted by atomic mass is 10.0. The fraction of sp³-hybridized carbons (Fsp3) is 0.154. The molecule has 2 aromatic rings. The van der Waals surface area contributed by atoms with Crippen molar-refractivity contribution in [3.63, 3.8) is 0 Å². The molecule has 18 heavy (non-hydrogen) atoms. The number of hydrogen-bond acceptors (Lipinski definition) is 2. The number of pyridine rings is 1. The van der Waals surface area contributed by atoms with Crippen LogP contribution in [-0.4, -0.2) is 4.98 Å². The number of rotatable bonds is 3. The van der Waals surface area contributed by atoms with Gasteiger partial charge in [-0.2, -0.15) is 0 Å². The fourth-order valence-corrected chi connectivity index (χ4v) is 2.04. The summed E-state index contributed by atoms with van der Waals surface area (Å²) in [5, 5.41) is 0.0896. The first kappa shape index (κ1) is 13.5. The summed E-state index contributed by atoms with van der Waals surface area (Å²) in [6.45, 7) is 0. The molecule has 0 fully saturated rings. The SMILES string of the molecule is NC(Cc1ccc(Br)cn1)c1ccc(F)c(Cl)c1. The van der Waals surface area contributed by atoms with Crippen LogP contribution in [0.4, 0.5) is 4.39 Å². The van der Waals surface area contributed by atoms with Gasteiger partial charge in [0.15, 0.2) is 0 Å². The van der Waals surface area contributed by atoms with Crippen LogP contribution in [0.1, 0.15) is 17.3 Å². The quantitative estimate of drug-likeness (QED) is 0.928. The Hall–Kier alpha value is -0.970. The van der Waals surface area contributed by atoms with Crippen LogP contribution in [-0.2, 0) is 6.42 Å². The summed E-state index contributed by atoms with van der Waals surface area (Å²) in [4.78, 5) is 4.25. The molecule has 0 saturated heterocycles. The van der Waals surface area contributed by atoms with Gasteiger partial charge in [-0.3, -0.25) is 4.98 Å². The summed E-state index contributed by atoms with van der Waals surface area (Å²) in [6, 6.07) is 8.08. The topological polar surface area (TPSA) is 38.9 Å². The second kappa shape index (κ2) is 5.78. The van der Waals surface area contributed by atoms with E-state index in [1.54, 1.807) is 18.3 Å². The van der Waals surface area contributed by atoms with Gasteiger partial charge in [-0.15, -0.1) is 0 Å². The Morgan fingerprint density at radius 2 is 2.11 bits per heavy atom. The Bertz CT molecular complexity index is 545. The van der Waals surface area contributed by atoms with E-state index < -0.39 is 5.82 Å². The van der Waals surface area contributed by atoms with Gasteiger partial charge in [-0.1, -0.05) is 17.7 Å². The van der Waals surface area contributed by atoms with E-state index in [0.29, 0.717) is 6.42 Å². The van der Waals surface area contributed by atoms with Crippen LogP contribution < -0.4 is 5.73 Å². The predicted molar refractivity (Wildman–Crippen MR) is 74.0 cm³/mol. The lowest BCUT2D eigenvalue weighted by Crippen LogP contribution is -2.14. The molecule has 0 aliphatic heterocycles. The van der Waals surface area contributed by atoms with Crippen molar-refractivity contribution >= 4 is 27.5 Å². The lowest BCUT2D eigenvalue weighted by Gasteiger charge is -2.12. The van der Waals surface area contributed by atoms with E-state index in [0.717, 1.165) is 15.7 Å². The molecule has 2 rings (SSSR count). The lowest BCUT2D eigenvalue weighted by molar-refractivity contribution is 0.624. The highest BCUT2D eigenvalue weighted by atomic mass is 79.9. The van der Waals surface area contributed by atoms with Crippen molar-refractivity contribution in [2.75, 3.05) is 0 Å².